The predicted octanol–water partition coefficient (Wildman–Crippen LogP) is 4.41. The highest BCUT2D eigenvalue weighted by Crippen LogP contribution is 2.40. The van der Waals surface area contributed by atoms with Crippen molar-refractivity contribution in [2.45, 2.75) is 51.6 Å². The van der Waals surface area contributed by atoms with Gasteiger partial charge in [-0.25, -0.2) is 0 Å². The lowest BCUT2D eigenvalue weighted by Crippen LogP contribution is -2.45. The zero-order valence-corrected chi connectivity index (χ0v) is 12.8. The van der Waals surface area contributed by atoms with Gasteiger partial charge in [-0.3, -0.25) is 0 Å². The van der Waals surface area contributed by atoms with Gasteiger partial charge in [-0.2, -0.15) is 0 Å². The molecule has 0 saturated heterocycles. The number of nitrogens with one attached hydrogen (secondary N) is 1. The summed E-state index contributed by atoms with van der Waals surface area (Å²) in [6.45, 7) is 6.41. The van der Waals surface area contributed by atoms with Crippen molar-refractivity contribution in [1.29, 1.82) is 0 Å². The summed E-state index contributed by atoms with van der Waals surface area (Å²) < 4.78 is 6.41. The SMILES string of the molecule is C/C=C/c1ccccc1OC1(CCNCCC)CCC1. The Hall–Kier alpha value is -1.28. The van der Waals surface area contributed by atoms with E-state index in [0.717, 1.165) is 25.3 Å². The summed E-state index contributed by atoms with van der Waals surface area (Å²) in [5, 5.41) is 3.49. The number of allylic oxidation sites excluding steroid dienone is 1. The molecule has 0 radical (unpaired) electrons. The molecule has 1 aliphatic rings. The molecule has 0 spiro atoms. The minimum Gasteiger partial charge on any atom is -0.487 e. The van der Waals surface area contributed by atoms with Crippen molar-refractivity contribution in [3.05, 3.63) is 35.9 Å². The van der Waals surface area contributed by atoms with Crippen LogP contribution < -0.4 is 10.1 Å². The molecular formula is C18H27NO. The second kappa shape index (κ2) is 7.49. The minimum absolute atomic E-state index is 0.0679. The molecular weight excluding hydrogens is 246 g/mol. The standard InChI is InChI=1S/C18H27NO/c1-3-8-16-9-5-6-10-17(16)20-18(11-7-12-18)13-15-19-14-4-2/h3,5-6,8-10,19H,4,7,11-15H2,1-2H3/b8-3+. The van der Waals surface area contributed by atoms with E-state index in [-0.39, 0.29) is 5.60 Å². The molecule has 110 valence electrons. The Morgan fingerprint density at radius 1 is 1.25 bits per heavy atom. The van der Waals surface area contributed by atoms with Crippen molar-refractivity contribution in [2.75, 3.05) is 13.1 Å². The van der Waals surface area contributed by atoms with Crippen LogP contribution in [0.1, 0.15) is 51.5 Å². The van der Waals surface area contributed by atoms with E-state index in [2.05, 4.69) is 48.7 Å². The van der Waals surface area contributed by atoms with Gasteiger partial charge in [0, 0.05) is 5.56 Å². The predicted molar refractivity (Wildman–Crippen MR) is 86.1 cm³/mol. The van der Waals surface area contributed by atoms with E-state index in [4.69, 9.17) is 4.74 Å². The Morgan fingerprint density at radius 3 is 2.70 bits per heavy atom. The maximum Gasteiger partial charge on any atom is 0.127 e. The number of rotatable bonds is 8. The Bertz CT molecular complexity index is 435. The van der Waals surface area contributed by atoms with Gasteiger partial charge in [-0.1, -0.05) is 37.3 Å². The van der Waals surface area contributed by atoms with E-state index in [1.165, 1.54) is 31.2 Å². The van der Waals surface area contributed by atoms with E-state index in [9.17, 15) is 0 Å². The van der Waals surface area contributed by atoms with Gasteiger partial charge in [-0.05, 0) is 58.2 Å². The molecule has 0 atom stereocenters. The Morgan fingerprint density at radius 2 is 2.05 bits per heavy atom. The first kappa shape index (κ1) is 15.1. The number of benzene rings is 1. The molecule has 0 unspecified atom stereocenters. The molecule has 0 aliphatic heterocycles. The first-order valence-electron chi connectivity index (χ1n) is 7.91. The van der Waals surface area contributed by atoms with E-state index in [1.807, 2.05) is 6.92 Å². The number of para-hydroxylation sites is 1. The summed E-state index contributed by atoms with van der Waals surface area (Å²) in [5.74, 6) is 1.03. The molecule has 20 heavy (non-hydrogen) atoms. The molecule has 0 amide bonds. The average Bonchev–Trinajstić information content (AvgIpc) is 2.42. The summed E-state index contributed by atoms with van der Waals surface area (Å²) in [5.41, 5.74) is 1.25. The molecule has 2 rings (SSSR count). The molecule has 1 saturated carbocycles. The van der Waals surface area contributed by atoms with E-state index in [1.54, 1.807) is 0 Å². The topological polar surface area (TPSA) is 21.3 Å². The van der Waals surface area contributed by atoms with Gasteiger partial charge in [0.15, 0.2) is 0 Å². The van der Waals surface area contributed by atoms with E-state index < -0.39 is 0 Å². The Labute approximate surface area is 123 Å². The van der Waals surface area contributed by atoms with Crippen molar-refractivity contribution < 1.29 is 4.74 Å². The number of ether oxygens (including phenoxy) is 1. The maximum atomic E-state index is 6.41. The number of hydrogen-bond acceptors (Lipinski definition) is 2. The van der Waals surface area contributed by atoms with Crippen LogP contribution >= 0.6 is 0 Å². The van der Waals surface area contributed by atoms with Gasteiger partial charge in [0.2, 0.25) is 0 Å². The largest absolute Gasteiger partial charge is 0.487 e. The van der Waals surface area contributed by atoms with Gasteiger partial charge in [-0.15, -0.1) is 0 Å². The zero-order chi connectivity index (χ0) is 14.3. The van der Waals surface area contributed by atoms with Crippen LogP contribution in [0.5, 0.6) is 5.75 Å². The van der Waals surface area contributed by atoms with Crippen molar-refractivity contribution in [2.24, 2.45) is 0 Å². The average molecular weight is 273 g/mol. The molecule has 2 nitrogen and oxygen atoms in total. The fourth-order valence-electron chi connectivity index (χ4n) is 2.72. The van der Waals surface area contributed by atoms with E-state index in [0.29, 0.717) is 0 Å². The molecule has 2 heteroatoms. The third-order valence-corrected chi connectivity index (χ3v) is 4.04. The van der Waals surface area contributed by atoms with E-state index >= 15 is 0 Å². The van der Waals surface area contributed by atoms with Crippen molar-refractivity contribution in [3.63, 3.8) is 0 Å². The highest BCUT2D eigenvalue weighted by atomic mass is 16.5. The smallest absolute Gasteiger partial charge is 0.127 e. The van der Waals surface area contributed by atoms with Crippen LogP contribution in [0.3, 0.4) is 0 Å². The molecule has 1 aromatic rings. The minimum atomic E-state index is 0.0679. The lowest BCUT2D eigenvalue weighted by atomic mass is 9.77. The summed E-state index contributed by atoms with van der Waals surface area (Å²) >= 11 is 0. The fraction of sp³-hybridized carbons (Fsp3) is 0.556. The highest BCUT2D eigenvalue weighted by Gasteiger charge is 2.39. The van der Waals surface area contributed by atoms with Crippen LogP contribution in [0, 0.1) is 0 Å². The van der Waals surface area contributed by atoms with Crippen molar-refractivity contribution in [1.82, 2.24) is 5.32 Å². The van der Waals surface area contributed by atoms with Crippen LogP contribution in [0.4, 0.5) is 0 Å². The molecule has 1 N–H and O–H groups in total. The van der Waals surface area contributed by atoms with Gasteiger partial charge in [0.25, 0.3) is 0 Å². The van der Waals surface area contributed by atoms with Crippen LogP contribution in [0.15, 0.2) is 30.3 Å². The van der Waals surface area contributed by atoms with Crippen LogP contribution in [-0.2, 0) is 0 Å². The Kier molecular flexibility index (Phi) is 5.66. The van der Waals surface area contributed by atoms with Crippen molar-refractivity contribution in [3.8, 4) is 5.75 Å². The van der Waals surface area contributed by atoms with Crippen LogP contribution in [0.25, 0.3) is 6.08 Å². The number of hydrogen-bond donors (Lipinski definition) is 1. The Balaban J connectivity index is 1.99. The van der Waals surface area contributed by atoms with Gasteiger partial charge in [0.1, 0.15) is 11.4 Å². The summed E-state index contributed by atoms with van der Waals surface area (Å²) in [6, 6.07) is 8.34. The molecule has 1 aromatic carbocycles. The lowest BCUT2D eigenvalue weighted by Gasteiger charge is -2.42. The van der Waals surface area contributed by atoms with Crippen LogP contribution in [-0.4, -0.2) is 18.7 Å². The third-order valence-electron chi connectivity index (χ3n) is 4.04. The van der Waals surface area contributed by atoms with Crippen LogP contribution in [0.2, 0.25) is 0 Å². The molecule has 0 heterocycles. The summed E-state index contributed by atoms with van der Waals surface area (Å²) in [4.78, 5) is 0. The summed E-state index contributed by atoms with van der Waals surface area (Å²) in [6.07, 6.45) is 10.2. The zero-order valence-electron chi connectivity index (χ0n) is 12.8. The lowest BCUT2D eigenvalue weighted by molar-refractivity contribution is -0.0143. The normalized spacial score (nSPS) is 17.1. The fourth-order valence-corrected chi connectivity index (χ4v) is 2.72. The second-order valence-electron chi connectivity index (χ2n) is 5.68. The summed E-state index contributed by atoms with van der Waals surface area (Å²) in [7, 11) is 0. The molecule has 0 aromatic heterocycles. The first-order chi connectivity index (χ1) is 9.79. The van der Waals surface area contributed by atoms with Gasteiger partial charge >= 0.3 is 0 Å². The quantitative estimate of drug-likeness (QED) is 0.708. The highest BCUT2D eigenvalue weighted by molar-refractivity contribution is 5.57. The molecule has 0 bridgehead atoms. The first-order valence-corrected chi connectivity index (χ1v) is 7.91. The monoisotopic (exact) mass is 273 g/mol. The molecule has 1 aliphatic carbocycles. The second-order valence-corrected chi connectivity index (χ2v) is 5.68. The van der Waals surface area contributed by atoms with Crippen molar-refractivity contribution >= 4 is 6.08 Å². The third kappa shape index (κ3) is 3.86. The van der Waals surface area contributed by atoms with Gasteiger partial charge in [0.05, 0.1) is 0 Å². The van der Waals surface area contributed by atoms with Gasteiger partial charge < -0.3 is 10.1 Å². The maximum absolute atomic E-state index is 6.41. The molecule has 1 fully saturated rings.